The highest BCUT2D eigenvalue weighted by Gasteiger charge is 2.23. The van der Waals surface area contributed by atoms with Gasteiger partial charge in [0.05, 0.1) is 23.9 Å². The van der Waals surface area contributed by atoms with Crippen LogP contribution >= 0.6 is 11.6 Å². The minimum Gasteiger partial charge on any atom is -0.372 e. The van der Waals surface area contributed by atoms with Crippen LogP contribution in [-0.4, -0.2) is 82.8 Å². The molecule has 4 aromatic rings. The average Bonchev–Trinajstić information content (AvgIpc) is 3.35. The molecule has 0 bridgehead atoms. The molecule has 0 atom stereocenters. The molecule has 0 radical (unpaired) electrons. The zero-order chi connectivity index (χ0) is 24.5. The molecule has 1 fully saturated rings. The molecule has 0 spiro atoms. The van der Waals surface area contributed by atoms with Crippen LogP contribution < -0.4 is 10.2 Å². The first-order valence-corrected chi connectivity index (χ1v) is 11.8. The van der Waals surface area contributed by atoms with E-state index in [1.807, 2.05) is 44.6 Å². The molecule has 0 saturated carbocycles. The van der Waals surface area contributed by atoms with E-state index in [1.165, 1.54) is 6.08 Å². The second-order valence-corrected chi connectivity index (χ2v) is 9.20. The summed E-state index contributed by atoms with van der Waals surface area (Å²) in [4.78, 5) is 27.1. The number of fused-ring (bicyclic) bond motifs is 2. The van der Waals surface area contributed by atoms with E-state index in [-0.39, 0.29) is 5.91 Å². The van der Waals surface area contributed by atoms with Crippen molar-refractivity contribution in [1.29, 1.82) is 0 Å². The lowest BCUT2D eigenvalue weighted by molar-refractivity contribution is -0.126. The molecule has 1 saturated heterocycles. The van der Waals surface area contributed by atoms with E-state index >= 15 is 0 Å². The van der Waals surface area contributed by atoms with Gasteiger partial charge in [-0.1, -0.05) is 18.2 Å². The molecule has 2 aromatic carbocycles. The third-order valence-corrected chi connectivity index (χ3v) is 6.56. The molecule has 0 aliphatic carbocycles. The third-order valence-electron chi connectivity index (χ3n) is 6.25. The number of aromatic nitrogens is 4. The number of hydrogen-bond acceptors (Lipinski definition) is 7. The molecular weight excluding hydrogens is 464 g/mol. The van der Waals surface area contributed by atoms with Gasteiger partial charge in [0, 0.05) is 58.8 Å². The van der Waals surface area contributed by atoms with Crippen LogP contribution in [0.5, 0.6) is 0 Å². The summed E-state index contributed by atoms with van der Waals surface area (Å²) >= 11 is 6.93. The fourth-order valence-electron chi connectivity index (χ4n) is 4.47. The molecule has 10 heteroatoms. The van der Waals surface area contributed by atoms with Crippen molar-refractivity contribution in [2.75, 3.05) is 57.2 Å². The highest BCUT2D eigenvalue weighted by Crippen LogP contribution is 2.41. The van der Waals surface area contributed by atoms with Crippen LogP contribution in [0.15, 0.2) is 49.4 Å². The molecule has 2 aromatic heterocycles. The Morgan fingerprint density at radius 3 is 2.74 bits per heavy atom. The van der Waals surface area contributed by atoms with Gasteiger partial charge < -0.3 is 15.1 Å². The van der Waals surface area contributed by atoms with E-state index in [0.29, 0.717) is 37.9 Å². The number of carbonyl (C=O) groups excluding carboxylic acids is 1. The van der Waals surface area contributed by atoms with Crippen molar-refractivity contribution >= 4 is 50.8 Å². The number of anilines is 2. The van der Waals surface area contributed by atoms with Crippen LogP contribution in [0, 0.1) is 0 Å². The van der Waals surface area contributed by atoms with Gasteiger partial charge in [0.1, 0.15) is 12.1 Å². The first kappa shape index (κ1) is 23.1. The van der Waals surface area contributed by atoms with E-state index in [1.54, 1.807) is 11.2 Å². The Balaban J connectivity index is 1.56. The third kappa shape index (κ3) is 4.40. The van der Waals surface area contributed by atoms with Gasteiger partial charge in [-0.25, -0.2) is 9.97 Å². The zero-order valence-electron chi connectivity index (χ0n) is 19.8. The fourth-order valence-corrected chi connectivity index (χ4v) is 4.73. The number of hydrogen-bond donors (Lipinski definition) is 2. The maximum Gasteiger partial charge on any atom is 0.246 e. The molecule has 3 heterocycles. The van der Waals surface area contributed by atoms with E-state index in [0.717, 1.165) is 44.4 Å². The van der Waals surface area contributed by atoms with Crippen LogP contribution in [-0.2, 0) is 4.79 Å². The molecule has 180 valence electrons. The normalized spacial score (nSPS) is 14.2. The number of benzene rings is 2. The number of aromatic amines is 1. The first-order chi connectivity index (χ1) is 17.0. The number of halogens is 1. The topological polar surface area (TPSA) is 93.3 Å². The predicted octanol–water partition coefficient (Wildman–Crippen LogP) is 3.59. The van der Waals surface area contributed by atoms with Crippen LogP contribution in [0.25, 0.3) is 32.9 Å². The number of amides is 1. The van der Waals surface area contributed by atoms with Crippen molar-refractivity contribution in [3.8, 4) is 11.1 Å². The summed E-state index contributed by atoms with van der Waals surface area (Å²) in [6, 6.07) is 8.01. The Bertz CT molecular complexity index is 1410. The monoisotopic (exact) mass is 490 g/mol. The van der Waals surface area contributed by atoms with Gasteiger partial charge >= 0.3 is 0 Å². The van der Waals surface area contributed by atoms with E-state index in [2.05, 4.69) is 41.9 Å². The lowest BCUT2D eigenvalue weighted by Gasteiger charge is -2.35. The molecule has 1 amide bonds. The highest BCUT2D eigenvalue weighted by molar-refractivity contribution is 6.35. The standard InChI is InChI=1S/C25H27ClN8O/c1-4-23(35)33-7-9-34(10-8-33)25-17-11-19(26)16(12-22(17)27-14-28-25)24-18-13-30-31-20(18)5-6-21(24)29-15-32(2)3/h4-6,11-14,29H,1,7-10,15H2,2-3H3,(H,30,31). The number of nitrogens with zero attached hydrogens (tertiary/aromatic N) is 6. The van der Waals surface area contributed by atoms with Gasteiger partial charge in [0.15, 0.2) is 0 Å². The Labute approximate surface area is 208 Å². The van der Waals surface area contributed by atoms with Crippen molar-refractivity contribution in [2.45, 2.75) is 0 Å². The molecule has 1 aliphatic heterocycles. The van der Waals surface area contributed by atoms with Crippen molar-refractivity contribution in [2.24, 2.45) is 0 Å². The summed E-state index contributed by atoms with van der Waals surface area (Å²) in [6.45, 7) is 6.85. The van der Waals surface area contributed by atoms with Gasteiger partial charge in [-0.3, -0.25) is 14.8 Å². The Kier molecular flexibility index (Phi) is 6.27. The summed E-state index contributed by atoms with van der Waals surface area (Å²) in [5.74, 6) is 0.776. The second kappa shape index (κ2) is 9.52. The van der Waals surface area contributed by atoms with Crippen LogP contribution in [0.4, 0.5) is 11.5 Å². The van der Waals surface area contributed by atoms with Gasteiger partial charge in [-0.15, -0.1) is 0 Å². The van der Waals surface area contributed by atoms with Gasteiger partial charge in [-0.2, -0.15) is 5.10 Å². The van der Waals surface area contributed by atoms with Crippen LogP contribution in [0.1, 0.15) is 0 Å². The smallest absolute Gasteiger partial charge is 0.246 e. The van der Waals surface area contributed by atoms with Crippen molar-refractivity contribution in [3.05, 3.63) is 54.5 Å². The van der Waals surface area contributed by atoms with Crippen molar-refractivity contribution < 1.29 is 4.79 Å². The molecular formula is C25H27ClN8O. The summed E-state index contributed by atoms with van der Waals surface area (Å²) in [5, 5.41) is 13.3. The number of nitrogens with one attached hydrogen (secondary N) is 2. The largest absolute Gasteiger partial charge is 0.372 e. The van der Waals surface area contributed by atoms with E-state index in [9.17, 15) is 4.79 Å². The Hall–Kier alpha value is -3.69. The van der Waals surface area contributed by atoms with Gasteiger partial charge in [0.2, 0.25) is 5.91 Å². The molecule has 5 rings (SSSR count). The van der Waals surface area contributed by atoms with Crippen LogP contribution in [0.2, 0.25) is 5.02 Å². The van der Waals surface area contributed by atoms with E-state index < -0.39 is 0 Å². The minimum atomic E-state index is -0.0445. The quantitative estimate of drug-likeness (QED) is 0.315. The lowest BCUT2D eigenvalue weighted by Crippen LogP contribution is -2.48. The summed E-state index contributed by atoms with van der Waals surface area (Å²) < 4.78 is 0. The minimum absolute atomic E-state index is 0.0445. The predicted molar refractivity (Wildman–Crippen MR) is 141 cm³/mol. The number of carbonyl (C=O) groups is 1. The second-order valence-electron chi connectivity index (χ2n) is 8.80. The van der Waals surface area contributed by atoms with Crippen molar-refractivity contribution in [3.63, 3.8) is 0 Å². The van der Waals surface area contributed by atoms with E-state index in [4.69, 9.17) is 11.6 Å². The molecule has 1 aliphatic rings. The number of H-pyrrole nitrogens is 1. The Morgan fingerprint density at radius 1 is 1.20 bits per heavy atom. The molecule has 0 unspecified atom stereocenters. The fraction of sp³-hybridized carbons (Fsp3) is 0.280. The van der Waals surface area contributed by atoms with Crippen molar-refractivity contribution in [1.82, 2.24) is 30.0 Å². The summed E-state index contributed by atoms with van der Waals surface area (Å²) in [6.07, 6.45) is 4.76. The molecule has 35 heavy (non-hydrogen) atoms. The first-order valence-electron chi connectivity index (χ1n) is 11.4. The Morgan fingerprint density at radius 2 is 2.00 bits per heavy atom. The SMILES string of the molecule is C=CC(=O)N1CCN(c2ncnc3cc(-c4c(NCN(C)C)ccc5[nH]ncc45)c(Cl)cc23)CC1. The number of piperazine rings is 1. The zero-order valence-corrected chi connectivity index (χ0v) is 20.5. The maximum absolute atomic E-state index is 12.0. The van der Waals surface area contributed by atoms with Gasteiger partial charge in [-0.05, 0) is 44.4 Å². The molecule has 9 nitrogen and oxygen atoms in total. The lowest BCUT2D eigenvalue weighted by atomic mass is 9.98. The summed E-state index contributed by atoms with van der Waals surface area (Å²) in [5.41, 5.74) is 4.55. The maximum atomic E-state index is 12.0. The van der Waals surface area contributed by atoms with Gasteiger partial charge in [0.25, 0.3) is 0 Å². The highest BCUT2D eigenvalue weighted by atomic mass is 35.5. The average molecular weight is 491 g/mol. The van der Waals surface area contributed by atoms with Crippen LogP contribution in [0.3, 0.4) is 0 Å². The summed E-state index contributed by atoms with van der Waals surface area (Å²) in [7, 11) is 4.02. The number of rotatable bonds is 6. The molecule has 2 N–H and O–H groups in total.